The summed E-state index contributed by atoms with van der Waals surface area (Å²) in [6.45, 7) is 12.2. The van der Waals surface area contributed by atoms with E-state index in [1.807, 2.05) is 20.8 Å². The lowest BCUT2D eigenvalue weighted by molar-refractivity contribution is -0.129. The molecule has 2 aliphatic rings. The summed E-state index contributed by atoms with van der Waals surface area (Å²) in [4.78, 5) is 27.1. The quantitative estimate of drug-likeness (QED) is 0.800. The molecule has 0 aromatic heterocycles. The molecule has 0 spiro atoms. The molecule has 0 aromatic rings. The summed E-state index contributed by atoms with van der Waals surface area (Å²) < 4.78 is 0. The van der Waals surface area contributed by atoms with Gasteiger partial charge in [-0.2, -0.15) is 0 Å². The molecule has 0 radical (unpaired) electrons. The molecule has 2 rings (SSSR count). The normalized spacial score (nSPS) is 30.1. The molecule has 1 aliphatic heterocycles. The van der Waals surface area contributed by atoms with E-state index in [1.165, 1.54) is 12.8 Å². The Labute approximate surface area is 153 Å². The highest BCUT2D eigenvalue weighted by Crippen LogP contribution is 2.29. The first-order chi connectivity index (χ1) is 11.8. The second-order valence-corrected chi connectivity index (χ2v) is 8.53. The van der Waals surface area contributed by atoms with Crippen molar-refractivity contribution in [1.29, 1.82) is 0 Å². The van der Waals surface area contributed by atoms with Gasteiger partial charge in [0.15, 0.2) is 0 Å². The second kappa shape index (κ2) is 9.02. The van der Waals surface area contributed by atoms with E-state index in [0.29, 0.717) is 17.9 Å². The first kappa shape index (κ1) is 20.2. The van der Waals surface area contributed by atoms with Gasteiger partial charge >= 0.3 is 0 Å². The Morgan fingerprint density at radius 3 is 2.24 bits per heavy atom. The van der Waals surface area contributed by atoms with Gasteiger partial charge in [0.2, 0.25) is 11.8 Å². The molecule has 2 amide bonds. The predicted molar refractivity (Wildman–Crippen MR) is 101 cm³/mol. The standard InChI is InChI=1S/C20H37N3O2/c1-13(2)21-20(25)17-9-11-23(12-10-17)16(5)19(24)22-18-8-6-7-14(3)15(18)4/h13-18H,6-12H2,1-5H3,(H,21,25)(H,22,24). The van der Waals surface area contributed by atoms with Crippen molar-refractivity contribution >= 4 is 11.8 Å². The molecule has 1 saturated carbocycles. The number of hydrogen-bond donors (Lipinski definition) is 2. The number of carbonyl (C=O) groups excluding carboxylic acids is 2. The fourth-order valence-electron chi connectivity index (χ4n) is 4.21. The third kappa shape index (κ3) is 5.44. The molecule has 0 bridgehead atoms. The van der Waals surface area contributed by atoms with Crippen molar-refractivity contribution in [3.05, 3.63) is 0 Å². The van der Waals surface area contributed by atoms with Crippen molar-refractivity contribution in [2.45, 2.75) is 84.8 Å². The van der Waals surface area contributed by atoms with Crippen LogP contribution in [0.2, 0.25) is 0 Å². The minimum Gasteiger partial charge on any atom is -0.354 e. The number of nitrogens with one attached hydrogen (secondary N) is 2. The average Bonchev–Trinajstić information content (AvgIpc) is 2.57. The maximum absolute atomic E-state index is 12.7. The van der Waals surface area contributed by atoms with Gasteiger partial charge in [-0.3, -0.25) is 14.5 Å². The zero-order chi connectivity index (χ0) is 18.6. The molecular formula is C20H37N3O2. The van der Waals surface area contributed by atoms with Gasteiger partial charge in [-0.15, -0.1) is 0 Å². The molecule has 0 aromatic carbocycles. The van der Waals surface area contributed by atoms with Gasteiger partial charge in [0.05, 0.1) is 6.04 Å². The van der Waals surface area contributed by atoms with Gasteiger partial charge in [0.1, 0.15) is 0 Å². The highest BCUT2D eigenvalue weighted by molar-refractivity contribution is 5.82. The summed E-state index contributed by atoms with van der Waals surface area (Å²) in [6.07, 6.45) is 5.26. The third-order valence-corrected chi connectivity index (χ3v) is 6.29. The molecule has 1 aliphatic carbocycles. The summed E-state index contributed by atoms with van der Waals surface area (Å²) in [6, 6.07) is 0.390. The first-order valence-electron chi connectivity index (χ1n) is 10.1. The Morgan fingerprint density at radius 2 is 1.64 bits per heavy atom. The number of likely N-dealkylation sites (tertiary alicyclic amines) is 1. The van der Waals surface area contributed by atoms with Crippen molar-refractivity contribution in [1.82, 2.24) is 15.5 Å². The lowest BCUT2D eigenvalue weighted by Gasteiger charge is -2.38. The van der Waals surface area contributed by atoms with Crippen LogP contribution in [0.3, 0.4) is 0 Å². The SMILES string of the molecule is CC(C)NC(=O)C1CCN(C(C)C(=O)NC2CCCC(C)C2C)CC1. The van der Waals surface area contributed by atoms with E-state index in [4.69, 9.17) is 0 Å². The van der Waals surface area contributed by atoms with Crippen LogP contribution in [0.15, 0.2) is 0 Å². The smallest absolute Gasteiger partial charge is 0.237 e. The highest BCUT2D eigenvalue weighted by atomic mass is 16.2. The fourth-order valence-corrected chi connectivity index (χ4v) is 4.21. The average molecular weight is 352 g/mol. The summed E-state index contributed by atoms with van der Waals surface area (Å²) in [5.41, 5.74) is 0. The van der Waals surface area contributed by atoms with E-state index in [-0.39, 0.29) is 29.8 Å². The molecule has 2 fully saturated rings. The molecule has 2 N–H and O–H groups in total. The van der Waals surface area contributed by atoms with Crippen LogP contribution in [0.4, 0.5) is 0 Å². The van der Waals surface area contributed by atoms with Crippen LogP contribution >= 0.6 is 0 Å². The van der Waals surface area contributed by atoms with Crippen LogP contribution in [0.1, 0.15) is 66.7 Å². The first-order valence-corrected chi connectivity index (χ1v) is 10.1. The lowest BCUT2D eigenvalue weighted by atomic mass is 9.78. The van der Waals surface area contributed by atoms with E-state index in [2.05, 4.69) is 29.4 Å². The highest BCUT2D eigenvalue weighted by Gasteiger charge is 2.33. The van der Waals surface area contributed by atoms with Gasteiger partial charge in [-0.05, 0) is 65.0 Å². The van der Waals surface area contributed by atoms with Crippen LogP contribution in [-0.2, 0) is 9.59 Å². The Morgan fingerprint density at radius 1 is 1.00 bits per heavy atom. The topological polar surface area (TPSA) is 61.4 Å². The molecule has 4 atom stereocenters. The van der Waals surface area contributed by atoms with Crippen molar-refractivity contribution < 1.29 is 9.59 Å². The lowest BCUT2D eigenvalue weighted by Crippen LogP contribution is -2.53. The van der Waals surface area contributed by atoms with Gasteiger partial charge < -0.3 is 10.6 Å². The Kier molecular flexibility index (Phi) is 7.29. The van der Waals surface area contributed by atoms with E-state index in [1.54, 1.807) is 0 Å². The number of amides is 2. The van der Waals surface area contributed by atoms with Gasteiger partial charge in [0, 0.05) is 18.0 Å². The zero-order valence-electron chi connectivity index (χ0n) is 16.7. The largest absolute Gasteiger partial charge is 0.354 e. The molecule has 25 heavy (non-hydrogen) atoms. The van der Waals surface area contributed by atoms with Crippen LogP contribution in [0.5, 0.6) is 0 Å². The Bertz CT molecular complexity index is 458. The second-order valence-electron chi connectivity index (χ2n) is 8.53. The number of hydrogen-bond acceptors (Lipinski definition) is 3. The maximum Gasteiger partial charge on any atom is 0.237 e. The van der Waals surface area contributed by atoms with Crippen LogP contribution in [-0.4, -0.2) is 47.9 Å². The number of piperidine rings is 1. The summed E-state index contributed by atoms with van der Waals surface area (Å²) >= 11 is 0. The van der Waals surface area contributed by atoms with Crippen molar-refractivity contribution in [3.63, 3.8) is 0 Å². The summed E-state index contributed by atoms with van der Waals surface area (Å²) in [5, 5.41) is 6.30. The van der Waals surface area contributed by atoms with Crippen LogP contribution in [0, 0.1) is 17.8 Å². The van der Waals surface area contributed by atoms with Gasteiger partial charge in [-0.25, -0.2) is 0 Å². The number of nitrogens with zero attached hydrogens (tertiary/aromatic N) is 1. The summed E-state index contributed by atoms with van der Waals surface area (Å²) in [5.74, 6) is 1.64. The molecule has 5 heteroatoms. The summed E-state index contributed by atoms with van der Waals surface area (Å²) in [7, 11) is 0. The Hall–Kier alpha value is -1.10. The minimum atomic E-state index is -0.112. The van der Waals surface area contributed by atoms with E-state index in [0.717, 1.165) is 32.4 Å². The number of carbonyl (C=O) groups is 2. The molecule has 1 saturated heterocycles. The third-order valence-electron chi connectivity index (χ3n) is 6.29. The molecule has 1 heterocycles. The minimum absolute atomic E-state index is 0.0909. The molecular weight excluding hydrogens is 314 g/mol. The van der Waals surface area contributed by atoms with Crippen LogP contribution in [0.25, 0.3) is 0 Å². The van der Waals surface area contributed by atoms with Gasteiger partial charge in [0.25, 0.3) is 0 Å². The van der Waals surface area contributed by atoms with Crippen molar-refractivity contribution in [2.24, 2.45) is 17.8 Å². The molecule has 4 unspecified atom stereocenters. The molecule has 144 valence electrons. The number of rotatable bonds is 5. The van der Waals surface area contributed by atoms with Crippen molar-refractivity contribution in [2.75, 3.05) is 13.1 Å². The van der Waals surface area contributed by atoms with E-state index in [9.17, 15) is 9.59 Å². The fraction of sp³-hybridized carbons (Fsp3) is 0.900. The Balaban J connectivity index is 1.80. The maximum atomic E-state index is 12.7. The van der Waals surface area contributed by atoms with Crippen LogP contribution < -0.4 is 10.6 Å². The molecule has 5 nitrogen and oxygen atoms in total. The zero-order valence-corrected chi connectivity index (χ0v) is 16.7. The monoisotopic (exact) mass is 351 g/mol. The van der Waals surface area contributed by atoms with Crippen molar-refractivity contribution in [3.8, 4) is 0 Å². The van der Waals surface area contributed by atoms with Gasteiger partial charge in [-0.1, -0.05) is 26.7 Å². The predicted octanol–water partition coefficient (Wildman–Crippen LogP) is 2.55. The van der Waals surface area contributed by atoms with E-state index >= 15 is 0 Å². The van der Waals surface area contributed by atoms with E-state index < -0.39 is 0 Å².